The second-order valence-corrected chi connectivity index (χ2v) is 6.39. The molecule has 2 rings (SSSR count). The molecule has 0 aromatic heterocycles. The molecule has 118 valence electrons. The lowest BCUT2D eigenvalue weighted by Gasteiger charge is -2.46. The fraction of sp³-hybridized carbons (Fsp3) is 0.786. The molecule has 0 spiro atoms. The summed E-state index contributed by atoms with van der Waals surface area (Å²) in [6, 6.07) is -0.585. The van der Waals surface area contributed by atoms with Crippen molar-refractivity contribution in [3.8, 4) is 0 Å². The molecular formula is C14H23N3O4. The molecule has 0 aromatic rings. The van der Waals surface area contributed by atoms with Crippen molar-refractivity contribution in [1.29, 1.82) is 0 Å². The number of likely N-dealkylation sites (N-methyl/N-ethyl adjacent to an activating group) is 1. The van der Waals surface area contributed by atoms with E-state index >= 15 is 0 Å². The first-order valence-corrected chi connectivity index (χ1v) is 7.24. The van der Waals surface area contributed by atoms with Gasteiger partial charge in [0.05, 0.1) is 5.92 Å². The second-order valence-electron chi connectivity index (χ2n) is 6.39. The Bertz CT molecular complexity index is 477. The van der Waals surface area contributed by atoms with E-state index in [9.17, 15) is 14.4 Å². The maximum atomic E-state index is 12.7. The molecule has 0 radical (unpaired) electrons. The van der Waals surface area contributed by atoms with E-state index in [0.29, 0.717) is 26.1 Å². The van der Waals surface area contributed by atoms with Gasteiger partial charge in [-0.05, 0) is 27.2 Å². The third kappa shape index (κ3) is 2.45. The van der Waals surface area contributed by atoms with Crippen molar-refractivity contribution in [2.75, 3.05) is 26.7 Å². The van der Waals surface area contributed by atoms with Gasteiger partial charge < -0.3 is 19.8 Å². The van der Waals surface area contributed by atoms with Crippen LogP contribution in [0, 0.1) is 5.92 Å². The Morgan fingerprint density at radius 1 is 1.24 bits per heavy atom. The van der Waals surface area contributed by atoms with Crippen molar-refractivity contribution in [2.45, 2.75) is 38.8 Å². The number of aliphatic carboxylic acids is 1. The number of carboxylic acid groups (broad SMARTS) is 1. The van der Waals surface area contributed by atoms with Crippen LogP contribution in [0.2, 0.25) is 0 Å². The smallest absolute Gasteiger partial charge is 0.321 e. The number of piperazine rings is 1. The van der Waals surface area contributed by atoms with Gasteiger partial charge in [0.25, 0.3) is 0 Å². The highest BCUT2D eigenvalue weighted by molar-refractivity contribution is 5.91. The van der Waals surface area contributed by atoms with E-state index in [0.717, 1.165) is 0 Å². The molecule has 3 amide bonds. The monoisotopic (exact) mass is 297 g/mol. The van der Waals surface area contributed by atoms with Gasteiger partial charge in [-0.1, -0.05) is 0 Å². The minimum Gasteiger partial charge on any atom is -0.481 e. The average Bonchev–Trinajstić information content (AvgIpc) is 2.77. The van der Waals surface area contributed by atoms with Crippen LogP contribution in [0.15, 0.2) is 0 Å². The number of urea groups is 1. The molecule has 0 bridgehead atoms. The average molecular weight is 297 g/mol. The summed E-state index contributed by atoms with van der Waals surface area (Å²) in [5.74, 6) is -1.49. The molecule has 2 unspecified atom stereocenters. The standard InChI is InChI=1S/C14H23N3O4/c1-9-10(11(18)19)5-6-16(9)13(21)17-8-7-15(4)12(20)14(17,2)3/h9-10H,5-8H2,1-4H3,(H,18,19). The van der Waals surface area contributed by atoms with Crippen LogP contribution >= 0.6 is 0 Å². The van der Waals surface area contributed by atoms with Crippen molar-refractivity contribution in [2.24, 2.45) is 5.92 Å². The Morgan fingerprint density at radius 2 is 1.86 bits per heavy atom. The lowest BCUT2D eigenvalue weighted by molar-refractivity contribution is -0.145. The molecule has 1 N–H and O–H groups in total. The summed E-state index contributed by atoms with van der Waals surface area (Å²) in [7, 11) is 1.73. The van der Waals surface area contributed by atoms with Crippen LogP contribution in [-0.2, 0) is 9.59 Å². The van der Waals surface area contributed by atoms with E-state index < -0.39 is 17.4 Å². The molecule has 0 saturated carbocycles. The molecule has 0 aliphatic carbocycles. The fourth-order valence-corrected chi connectivity index (χ4v) is 3.24. The van der Waals surface area contributed by atoms with Crippen LogP contribution in [-0.4, -0.2) is 76.0 Å². The molecular weight excluding hydrogens is 274 g/mol. The van der Waals surface area contributed by atoms with E-state index in [4.69, 9.17) is 5.11 Å². The topological polar surface area (TPSA) is 81.2 Å². The number of carbonyl (C=O) groups is 3. The van der Waals surface area contributed by atoms with Crippen molar-refractivity contribution in [3.05, 3.63) is 0 Å². The van der Waals surface area contributed by atoms with Crippen LogP contribution in [0.4, 0.5) is 4.79 Å². The molecule has 2 fully saturated rings. The molecule has 7 heteroatoms. The summed E-state index contributed by atoms with van der Waals surface area (Å²) < 4.78 is 0. The number of hydrogen-bond acceptors (Lipinski definition) is 3. The van der Waals surface area contributed by atoms with Crippen LogP contribution in [0.1, 0.15) is 27.2 Å². The minimum atomic E-state index is -0.898. The second kappa shape index (κ2) is 5.20. The lowest BCUT2D eigenvalue weighted by Crippen LogP contribution is -2.66. The van der Waals surface area contributed by atoms with E-state index in [-0.39, 0.29) is 18.0 Å². The van der Waals surface area contributed by atoms with E-state index in [2.05, 4.69) is 0 Å². The number of likely N-dealkylation sites (tertiary alicyclic amines) is 1. The molecule has 2 aliphatic heterocycles. The van der Waals surface area contributed by atoms with E-state index in [1.807, 2.05) is 0 Å². The van der Waals surface area contributed by atoms with Crippen LogP contribution in [0.25, 0.3) is 0 Å². The SMILES string of the molecule is CC1C(C(=O)O)CCN1C(=O)N1CCN(C)C(=O)C1(C)C. The largest absolute Gasteiger partial charge is 0.481 e. The minimum absolute atomic E-state index is 0.0938. The van der Waals surface area contributed by atoms with Crippen molar-refractivity contribution in [1.82, 2.24) is 14.7 Å². The van der Waals surface area contributed by atoms with Gasteiger partial charge in [0.2, 0.25) is 5.91 Å². The predicted octanol–water partition coefficient (Wildman–Crippen LogP) is 0.454. The summed E-state index contributed by atoms with van der Waals surface area (Å²) in [5.41, 5.74) is -0.898. The number of carboxylic acids is 1. The lowest BCUT2D eigenvalue weighted by atomic mass is 9.98. The highest BCUT2D eigenvalue weighted by Crippen LogP contribution is 2.29. The van der Waals surface area contributed by atoms with Gasteiger partial charge in [-0.2, -0.15) is 0 Å². The zero-order valence-corrected chi connectivity index (χ0v) is 13.0. The van der Waals surface area contributed by atoms with Crippen molar-refractivity contribution in [3.63, 3.8) is 0 Å². The maximum Gasteiger partial charge on any atom is 0.321 e. The summed E-state index contributed by atoms with van der Waals surface area (Å²) in [6.45, 7) is 6.62. The van der Waals surface area contributed by atoms with Gasteiger partial charge in [0.1, 0.15) is 5.54 Å². The van der Waals surface area contributed by atoms with Gasteiger partial charge in [-0.15, -0.1) is 0 Å². The van der Waals surface area contributed by atoms with E-state index in [1.165, 1.54) is 0 Å². The number of rotatable bonds is 1. The van der Waals surface area contributed by atoms with Gasteiger partial charge in [0.15, 0.2) is 0 Å². The Hall–Kier alpha value is -1.79. The van der Waals surface area contributed by atoms with Crippen LogP contribution in [0.3, 0.4) is 0 Å². The summed E-state index contributed by atoms with van der Waals surface area (Å²) in [5, 5.41) is 9.16. The fourth-order valence-electron chi connectivity index (χ4n) is 3.24. The summed E-state index contributed by atoms with van der Waals surface area (Å²) >= 11 is 0. The maximum absolute atomic E-state index is 12.7. The number of nitrogens with zero attached hydrogens (tertiary/aromatic N) is 3. The zero-order valence-electron chi connectivity index (χ0n) is 13.0. The predicted molar refractivity (Wildman–Crippen MR) is 75.7 cm³/mol. The highest BCUT2D eigenvalue weighted by Gasteiger charge is 2.47. The van der Waals surface area contributed by atoms with Gasteiger partial charge in [0, 0.05) is 32.7 Å². The molecule has 2 heterocycles. The molecule has 2 atom stereocenters. The first-order valence-electron chi connectivity index (χ1n) is 7.24. The quantitative estimate of drug-likeness (QED) is 0.762. The Balaban J connectivity index is 2.17. The third-order valence-electron chi connectivity index (χ3n) is 4.75. The molecule has 2 aliphatic rings. The van der Waals surface area contributed by atoms with Crippen LogP contribution < -0.4 is 0 Å². The van der Waals surface area contributed by atoms with Crippen molar-refractivity contribution < 1.29 is 19.5 Å². The first kappa shape index (κ1) is 15.6. The summed E-state index contributed by atoms with van der Waals surface area (Å²) in [4.78, 5) is 40.9. The van der Waals surface area contributed by atoms with E-state index in [1.54, 1.807) is 42.5 Å². The Labute approximate surface area is 124 Å². The number of carbonyl (C=O) groups excluding carboxylic acids is 2. The Kier molecular flexibility index (Phi) is 3.86. The van der Waals surface area contributed by atoms with Gasteiger partial charge in [-0.25, -0.2) is 4.79 Å². The molecule has 21 heavy (non-hydrogen) atoms. The molecule has 2 saturated heterocycles. The summed E-state index contributed by atoms with van der Waals surface area (Å²) in [6.07, 6.45) is 0.463. The Morgan fingerprint density at radius 3 is 2.38 bits per heavy atom. The molecule has 7 nitrogen and oxygen atoms in total. The normalized spacial score (nSPS) is 29.0. The first-order chi connectivity index (χ1) is 9.67. The zero-order chi connectivity index (χ0) is 15.9. The molecule has 0 aromatic carbocycles. The number of hydrogen-bond donors (Lipinski definition) is 1. The van der Waals surface area contributed by atoms with Crippen LogP contribution in [0.5, 0.6) is 0 Å². The van der Waals surface area contributed by atoms with Crippen molar-refractivity contribution >= 4 is 17.9 Å². The number of amides is 3. The van der Waals surface area contributed by atoms with Gasteiger partial charge >= 0.3 is 12.0 Å². The third-order valence-corrected chi connectivity index (χ3v) is 4.75. The van der Waals surface area contributed by atoms with Gasteiger partial charge in [-0.3, -0.25) is 9.59 Å². The highest BCUT2D eigenvalue weighted by atomic mass is 16.4.